The molecule has 1 aliphatic rings. The number of nitrogens with two attached hydrogens (primary N) is 1. The second kappa shape index (κ2) is 6.64. The fraction of sp³-hybridized carbons (Fsp3) is 0.562. The molecule has 1 aliphatic carbocycles. The Balaban J connectivity index is 2.19. The lowest BCUT2D eigenvalue weighted by atomic mass is 9.89. The standard InChI is InChI=1S/C16H24N2O2/c1-18(11-12-7-4-3-5-8-12)15-13(16(19)20-2)9-6-10-14(15)17/h6,9-10,12H,3-5,7-8,11,17H2,1-2H3. The molecule has 0 amide bonds. The van der Waals surface area contributed by atoms with E-state index in [1.54, 1.807) is 12.1 Å². The minimum absolute atomic E-state index is 0.331. The zero-order valence-electron chi connectivity index (χ0n) is 12.4. The van der Waals surface area contributed by atoms with E-state index in [2.05, 4.69) is 4.90 Å². The highest BCUT2D eigenvalue weighted by Gasteiger charge is 2.21. The van der Waals surface area contributed by atoms with E-state index in [9.17, 15) is 4.79 Å². The summed E-state index contributed by atoms with van der Waals surface area (Å²) in [4.78, 5) is 14.0. The summed E-state index contributed by atoms with van der Waals surface area (Å²) >= 11 is 0. The van der Waals surface area contributed by atoms with Crippen molar-refractivity contribution in [2.24, 2.45) is 5.92 Å². The summed E-state index contributed by atoms with van der Waals surface area (Å²) in [5.41, 5.74) is 8.04. The van der Waals surface area contributed by atoms with Crippen molar-refractivity contribution in [3.05, 3.63) is 23.8 Å². The van der Waals surface area contributed by atoms with Crippen LogP contribution in [0.1, 0.15) is 42.5 Å². The van der Waals surface area contributed by atoms with Crippen LogP contribution in [0, 0.1) is 5.92 Å². The summed E-state index contributed by atoms with van der Waals surface area (Å²) in [7, 11) is 3.41. The van der Waals surface area contributed by atoms with Gasteiger partial charge in [0, 0.05) is 13.6 Å². The van der Waals surface area contributed by atoms with E-state index in [4.69, 9.17) is 10.5 Å². The van der Waals surface area contributed by atoms with Gasteiger partial charge in [0.25, 0.3) is 0 Å². The van der Waals surface area contributed by atoms with Gasteiger partial charge in [-0.2, -0.15) is 0 Å². The molecule has 1 fully saturated rings. The Morgan fingerprint density at radius 3 is 2.70 bits per heavy atom. The van der Waals surface area contributed by atoms with Crippen molar-refractivity contribution in [2.75, 3.05) is 31.3 Å². The molecule has 1 aromatic rings. The number of carbonyl (C=O) groups excluding carboxylic acids is 1. The molecule has 0 heterocycles. The summed E-state index contributed by atoms with van der Waals surface area (Å²) in [6.07, 6.45) is 6.51. The molecule has 110 valence electrons. The van der Waals surface area contributed by atoms with Crippen molar-refractivity contribution < 1.29 is 9.53 Å². The van der Waals surface area contributed by atoms with E-state index >= 15 is 0 Å². The van der Waals surface area contributed by atoms with Gasteiger partial charge in [-0.05, 0) is 30.9 Å². The van der Waals surface area contributed by atoms with Crippen LogP contribution in [0.5, 0.6) is 0 Å². The quantitative estimate of drug-likeness (QED) is 0.678. The van der Waals surface area contributed by atoms with Crippen LogP contribution in [0.3, 0.4) is 0 Å². The molecular formula is C16H24N2O2. The molecular weight excluding hydrogens is 252 g/mol. The number of para-hydroxylation sites is 1. The Kier molecular flexibility index (Phi) is 4.88. The van der Waals surface area contributed by atoms with Gasteiger partial charge in [-0.1, -0.05) is 25.3 Å². The third-order valence-electron chi connectivity index (χ3n) is 4.11. The number of hydrogen-bond acceptors (Lipinski definition) is 4. The first-order valence-electron chi connectivity index (χ1n) is 7.31. The summed E-state index contributed by atoms with van der Waals surface area (Å²) in [6.45, 7) is 0.943. The van der Waals surface area contributed by atoms with Crippen LogP contribution in [0.15, 0.2) is 18.2 Å². The summed E-state index contributed by atoms with van der Waals surface area (Å²) in [5, 5.41) is 0. The van der Waals surface area contributed by atoms with Crippen molar-refractivity contribution in [3.8, 4) is 0 Å². The van der Waals surface area contributed by atoms with E-state index in [1.807, 2.05) is 13.1 Å². The van der Waals surface area contributed by atoms with Crippen molar-refractivity contribution >= 4 is 17.3 Å². The first-order chi connectivity index (χ1) is 9.63. The molecule has 0 aliphatic heterocycles. The van der Waals surface area contributed by atoms with Crippen LogP contribution in [-0.2, 0) is 4.74 Å². The zero-order valence-corrected chi connectivity index (χ0v) is 12.4. The first-order valence-corrected chi connectivity index (χ1v) is 7.31. The monoisotopic (exact) mass is 276 g/mol. The van der Waals surface area contributed by atoms with Gasteiger partial charge in [0.05, 0.1) is 24.0 Å². The maximum atomic E-state index is 11.9. The second-order valence-electron chi connectivity index (χ2n) is 5.62. The van der Waals surface area contributed by atoms with E-state index in [0.29, 0.717) is 17.2 Å². The maximum Gasteiger partial charge on any atom is 0.340 e. The fourth-order valence-corrected chi connectivity index (χ4v) is 3.11. The number of methoxy groups -OCH3 is 1. The molecule has 2 rings (SSSR count). The predicted molar refractivity (Wildman–Crippen MR) is 82.0 cm³/mol. The van der Waals surface area contributed by atoms with E-state index in [-0.39, 0.29) is 5.97 Å². The van der Waals surface area contributed by atoms with Gasteiger partial charge in [0.1, 0.15) is 0 Å². The lowest BCUT2D eigenvalue weighted by Gasteiger charge is -2.30. The average Bonchev–Trinajstić information content (AvgIpc) is 2.47. The lowest BCUT2D eigenvalue weighted by molar-refractivity contribution is 0.0601. The SMILES string of the molecule is COC(=O)c1cccc(N)c1N(C)CC1CCCCC1. The third-order valence-corrected chi connectivity index (χ3v) is 4.11. The van der Waals surface area contributed by atoms with Crippen molar-refractivity contribution in [1.29, 1.82) is 0 Å². The van der Waals surface area contributed by atoms with Crippen LogP contribution in [0.2, 0.25) is 0 Å². The van der Waals surface area contributed by atoms with Crippen molar-refractivity contribution in [1.82, 2.24) is 0 Å². The van der Waals surface area contributed by atoms with Crippen LogP contribution < -0.4 is 10.6 Å². The van der Waals surface area contributed by atoms with Crippen LogP contribution in [0.4, 0.5) is 11.4 Å². The molecule has 0 spiro atoms. The molecule has 0 atom stereocenters. The molecule has 1 saturated carbocycles. The van der Waals surface area contributed by atoms with Crippen molar-refractivity contribution in [3.63, 3.8) is 0 Å². The number of rotatable bonds is 4. The van der Waals surface area contributed by atoms with Crippen molar-refractivity contribution in [2.45, 2.75) is 32.1 Å². The summed E-state index contributed by atoms with van der Waals surface area (Å²) in [5.74, 6) is 0.363. The summed E-state index contributed by atoms with van der Waals surface area (Å²) in [6, 6.07) is 5.40. The zero-order chi connectivity index (χ0) is 14.5. The number of esters is 1. The molecule has 4 nitrogen and oxygen atoms in total. The molecule has 20 heavy (non-hydrogen) atoms. The largest absolute Gasteiger partial charge is 0.465 e. The Labute approximate surface area is 120 Å². The van der Waals surface area contributed by atoms with E-state index in [1.165, 1.54) is 39.2 Å². The number of hydrogen-bond donors (Lipinski definition) is 1. The highest BCUT2D eigenvalue weighted by Crippen LogP contribution is 2.31. The number of anilines is 2. The Bertz CT molecular complexity index is 468. The van der Waals surface area contributed by atoms with E-state index < -0.39 is 0 Å². The van der Waals surface area contributed by atoms with Gasteiger partial charge in [-0.25, -0.2) is 4.79 Å². The number of nitrogen functional groups attached to an aromatic ring is 1. The minimum Gasteiger partial charge on any atom is -0.465 e. The third kappa shape index (κ3) is 3.24. The Morgan fingerprint density at radius 2 is 2.05 bits per heavy atom. The maximum absolute atomic E-state index is 11.9. The smallest absolute Gasteiger partial charge is 0.340 e. The predicted octanol–water partition coefficient (Wildman–Crippen LogP) is 3.07. The molecule has 2 N–H and O–H groups in total. The van der Waals surface area contributed by atoms with Crippen LogP contribution in [0.25, 0.3) is 0 Å². The molecule has 1 aromatic carbocycles. The number of carbonyl (C=O) groups is 1. The number of ether oxygens (including phenoxy) is 1. The van der Waals surface area contributed by atoms with Crippen LogP contribution >= 0.6 is 0 Å². The summed E-state index contributed by atoms with van der Waals surface area (Å²) < 4.78 is 4.85. The van der Waals surface area contributed by atoms with Gasteiger partial charge in [0.15, 0.2) is 0 Å². The van der Waals surface area contributed by atoms with Gasteiger partial charge < -0.3 is 15.4 Å². The Morgan fingerprint density at radius 1 is 1.35 bits per heavy atom. The first kappa shape index (κ1) is 14.7. The van der Waals surface area contributed by atoms with Gasteiger partial charge >= 0.3 is 5.97 Å². The second-order valence-corrected chi connectivity index (χ2v) is 5.62. The highest BCUT2D eigenvalue weighted by atomic mass is 16.5. The molecule has 4 heteroatoms. The molecule has 0 unspecified atom stereocenters. The number of nitrogens with zero attached hydrogens (tertiary/aromatic N) is 1. The number of benzene rings is 1. The van der Waals surface area contributed by atoms with Crippen LogP contribution in [-0.4, -0.2) is 26.7 Å². The minimum atomic E-state index is -0.331. The van der Waals surface area contributed by atoms with Gasteiger partial charge in [-0.15, -0.1) is 0 Å². The molecule has 0 saturated heterocycles. The Hall–Kier alpha value is -1.71. The molecule has 0 aromatic heterocycles. The average molecular weight is 276 g/mol. The lowest BCUT2D eigenvalue weighted by Crippen LogP contribution is -2.29. The van der Waals surface area contributed by atoms with Gasteiger partial charge in [0.2, 0.25) is 0 Å². The van der Waals surface area contributed by atoms with Gasteiger partial charge in [-0.3, -0.25) is 0 Å². The highest BCUT2D eigenvalue weighted by molar-refractivity contribution is 5.99. The topological polar surface area (TPSA) is 55.6 Å². The normalized spacial score (nSPS) is 15.9. The molecule has 0 bridgehead atoms. The fourth-order valence-electron chi connectivity index (χ4n) is 3.11. The molecule has 0 radical (unpaired) electrons. The van der Waals surface area contributed by atoms with E-state index in [0.717, 1.165) is 12.2 Å².